The summed E-state index contributed by atoms with van der Waals surface area (Å²) in [4.78, 5) is 24.5. The summed E-state index contributed by atoms with van der Waals surface area (Å²) in [6, 6.07) is 7.07. The summed E-state index contributed by atoms with van der Waals surface area (Å²) < 4.78 is 0.956. The molecule has 0 radical (unpaired) electrons. The number of carboxylic acid groups (broad SMARTS) is 1. The Kier molecular flexibility index (Phi) is 5.58. The van der Waals surface area contributed by atoms with E-state index in [2.05, 4.69) is 22.6 Å². The molecule has 5 heteroatoms. The van der Waals surface area contributed by atoms with Gasteiger partial charge < -0.3 is 10.0 Å². The molecule has 0 fully saturated rings. The summed E-state index contributed by atoms with van der Waals surface area (Å²) in [7, 11) is 0. The first-order chi connectivity index (χ1) is 8.45. The second kappa shape index (κ2) is 6.72. The average Bonchev–Trinajstić information content (AvgIpc) is 2.34. The van der Waals surface area contributed by atoms with E-state index in [1.807, 2.05) is 19.9 Å². The second-order valence-corrected chi connectivity index (χ2v) is 5.34. The number of aliphatic carboxylic acids is 1. The maximum atomic E-state index is 12.3. The summed E-state index contributed by atoms with van der Waals surface area (Å²) >= 11 is 2.13. The molecule has 1 aromatic carbocycles. The van der Waals surface area contributed by atoms with Gasteiger partial charge >= 0.3 is 5.97 Å². The van der Waals surface area contributed by atoms with E-state index in [1.165, 1.54) is 4.90 Å². The Morgan fingerprint density at radius 1 is 1.44 bits per heavy atom. The third-order valence-electron chi connectivity index (χ3n) is 2.76. The van der Waals surface area contributed by atoms with Crippen molar-refractivity contribution in [3.05, 3.63) is 33.4 Å². The quantitative estimate of drug-likeness (QED) is 0.821. The maximum absolute atomic E-state index is 12.3. The Hall–Kier alpha value is -1.11. The highest BCUT2D eigenvalue weighted by Crippen LogP contribution is 2.13. The number of carbonyl (C=O) groups is 2. The van der Waals surface area contributed by atoms with Crippen molar-refractivity contribution in [2.24, 2.45) is 0 Å². The second-order valence-electron chi connectivity index (χ2n) is 4.09. The number of carbonyl (C=O) groups excluding carboxylic acids is 1. The molecule has 1 atom stereocenters. The smallest absolute Gasteiger partial charge is 0.323 e. The van der Waals surface area contributed by atoms with Gasteiger partial charge in [-0.1, -0.05) is 13.0 Å². The van der Waals surface area contributed by atoms with Crippen molar-refractivity contribution in [1.82, 2.24) is 4.90 Å². The van der Waals surface area contributed by atoms with E-state index in [0.717, 1.165) is 9.99 Å². The van der Waals surface area contributed by atoms with Crippen LogP contribution in [0, 0.1) is 3.57 Å². The molecule has 18 heavy (non-hydrogen) atoms. The van der Waals surface area contributed by atoms with Crippen LogP contribution in [0.1, 0.15) is 30.6 Å². The number of hydrogen-bond donors (Lipinski definition) is 1. The molecule has 0 aliphatic carbocycles. The molecular weight excluding hydrogens is 345 g/mol. The van der Waals surface area contributed by atoms with E-state index in [4.69, 9.17) is 5.11 Å². The van der Waals surface area contributed by atoms with Crippen LogP contribution in [0.25, 0.3) is 0 Å². The van der Waals surface area contributed by atoms with E-state index in [9.17, 15) is 9.59 Å². The molecule has 98 valence electrons. The third-order valence-corrected chi connectivity index (χ3v) is 3.43. The molecule has 4 nitrogen and oxygen atoms in total. The van der Waals surface area contributed by atoms with Gasteiger partial charge in [0.15, 0.2) is 0 Å². The van der Waals surface area contributed by atoms with Gasteiger partial charge in [-0.25, -0.2) is 0 Å². The zero-order valence-corrected chi connectivity index (χ0v) is 12.5. The molecule has 0 bridgehead atoms. The van der Waals surface area contributed by atoms with Crippen LogP contribution in [0.4, 0.5) is 0 Å². The molecule has 1 rings (SSSR count). The van der Waals surface area contributed by atoms with Gasteiger partial charge in [0.1, 0.15) is 6.54 Å². The summed E-state index contributed by atoms with van der Waals surface area (Å²) in [6.07, 6.45) is 0.725. The minimum Gasteiger partial charge on any atom is -0.480 e. The summed E-state index contributed by atoms with van der Waals surface area (Å²) in [5.41, 5.74) is 0.531. The molecule has 0 aliphatic heterocycles. The lowest BCUT2D eigenvalue weighted by Gasteiger charge is -2.27. The summed E-state index contributed by atoms with van der Waals surface area (Å²) in [5.74, 6) is -1.22. The Bertz CT molecular complexity index is 448. The van der Waals surface area contributed by atoms with Crippen LogP contribution < -0.4 is 0 Å². The normalized spacial score (nSPS) is 11.9. The van der Waals surface area contributed by atoms with Gasteiger partial charge in [0, 0.05) is 15.2 Å². The summed E-state index contributed by atoms with van der Waals surface area (Å²) in [6.45, 7) is 3.52. The Morgan fingerprint density at radius 2 is 2.11 bits per heavy atom. The predicted molar refractivity (Wildman–Crippen MR) is 77.6 cm³/mol. The van der Waals surface area contributed by atoms with Crippen molar-refractivity contribution in [1.29, 1.82) is 0 Å². The van der Waals surface area contributed by atoms with Gasteiger partial charge in [0.05, 0.1) is 0 Å². The van der Waals surface area contributed by atoms with Crippen LogP contribution in [-0.4, -0.2) is 34.5 Å². The molecule has 0 saturated heterocycles. The number of carboxylic acids is 1. The van der Waals surface area contributed by atoms with Gasteiger partial charge in [0.2, 0.25) is 0 Å². The molecule has 0 saturated carbocycles. The van der Waals surface area contributed by atoms with Crippen LogP contribution in [0.3, 0.4) is 0 Å². The highest BCUT2D eigenvalue weighted by atomic mass is 127. The van der Waals surface area contributed by atoms with Crippen molar-refractivity contribution in [2.45, 2.75) is 26.3 Å². The molecule has 0 spiro atoms. The van der Waals surface area contributed by atoms with Crippen molar-refractivity contribution >= 4 is 34.5 Å². The van der Waals surface area contributed by atoms with Gasteiger partial charge in [0.25, 0.3) is 5.91 Å². The van der Waals surface area contributed by atoms with Crippen molar-refractivity contribution < 1.29 is 14.7 Å². The standard InChI is InChI=1S/C13H16INO3/c1-3-9(2)15(8-12(16)17)13(18)10-5-4-6-11(14)7-10/h4-7,9H,3,8H2,1-2H3,(H,16,17). The summed E-state index contributed by atoms with van der Waals surface area (Å²) in [5, 5.41) is 8.88. The number of amides is 1. The molecule has 0 aromatic heterocycles. The molecule has 1 unspecified atom stereocenters. The number of rotatable bonds is 5. The number of nitrogens with zero attached hydrogens (tertiary/aromatic N) is 1. The van der Waals surface area contributed by atoms with Crippen LogP contribution in [-0.2, 0) is 4.79 Å². The van der Waals surface area contributed by atoms with Crippen LogP contribution in [0.5, 0.6) is 0 Å². The van der Waals surface area contributed by atoms with E-state index in [-0.39, 0.29) is 18.5 Å². The fourth-order valence-electron chi connectivity index (χ4n) is 1.58. The van der Waals surface area contributed by atoms with Gasteiger partial charge in [-0.15, -0.1) is 0 Å². The van der Waals surface area contributed by atoms with Crippen LogP contribution in [0.15, 0.2) is 24.3 Å². The number of hydrogen-bond acceptors (Lipinski definition) is 2. The first kappa shape index (κ1) is 14.9. The highest BCUT2D eigenvalue weighted by molar-refractivity contribution is 14.1. The molecular formula is C13H16INO3. The first-order valence-corrected chi connectivity index (χ1v) is 6.82. The van der Waals surface area contributed by atoms with Crippen molar-refractivity contribution in [2.75, 3.05) is 6.54 Å². The Labute approximate surface area is 120 Å². The van der Waals surface area contributed by atoms with E-state index in [0.29, 0.717) is 5.56 Å². The average molecular weight is 361 g/mol. The minimum absolute atomic E-state index is 0.0912. The van der Waals surface area contributed by atoms with E-state index >= 15 is 0 Å². The predicted octanol–water partition coefficient (Wildman–Crippen LogP) is 2.62. The van der Waals surface area contributed by atoms with E-state index in [1.54, 1.807) is 18.2 Å². The molecule has 0 heterocycles. The molecule has 1 amide bonds. The lowest BCUT2D eigenvalue weighted by atomic mass is 10.1. The SMILES string of the molecule is CCC(C)N(CC(=O)O)C(=O)c1cccc(I)c1. The van der Waals surface area contributed by atoms with Crippen LogP contribution >= 0.6 is 22.6 Å². The van der Waals surface area contributed by atoms with Crippen molar-refractivity contribution in [3.8, 4) is 0 Å². The fraction of sp³-hybridized carbons (Fsp3) is 0.385. The van der Waals surface area contributed by atoms with Gasteiger partial charge in [-0.2, -0.15) is 0 Å². The minimum atomic E-state index is -0.991. The molecule has 1 N–H and O–H groups in total. The third kappa shape index (κ3) is 3.97. The highest BCUT2D eigenvalue weighted by Gasteiger charge is 2.22. The largest absolute Gasteiger partial charge is 0.480 e. The fourth-order valence-corrected chi connectivity index (χ4v) is 2.12. The monoisotopic (exact) mass is 361 g/mol. The zero-order chi connectivity index (χ0) is 13.7. The lowest BCUT2D eigenvalue weighted by Crippen LogP contribution is -2.41. The van der Waals surface area contributed by atoms with Crippen molar-refractivity contribution in [3.63, 3.8) is 0 Å². The Morgan fingerprint density at radius 3 is 2.61 bits per heavy atom. The number of halogens is 1. The zero-order valence-electron chi connectivity index (χ0n) is 10.4. The van der Waals surface area contributed by atoms with E-state index < -0.39 is 5.97 Å². The number of benzene rings is 1. The lowest BCUT2D eigenvalue weighted by molar-refractivity contribution is -0.138. The molecule has 0 aliphatic rings. The van der Waals surface area contributed by atoms with Gasteiger partial charge in [-0.05, 0) is 54.1 Å². The van der Waals surface area contributed by atoms with Crippen LogP contribution in [0.2, 0.25) is 0 Å². The Balaban J connectivity index is 2.98. The first-order valence-electron chi connectivity index (χ1n) is 5.74. The molecule has 1 aromatic rings. The topological polar surface area (TPSA) is 57.6 Å². The maximum Gasteiger partial charge on any atom is 0.323 e. The van der Waals surface area contributed by atoms with Gasteiger partial charge in [-0.3, -0.25) is 9.59 Å².